The summed E-state index contributed by atoms with van der Waals surface area (Å²) in [5.74, 6) is -0.304. The zero-order chi connectivity index (χ0) is 13.8. The molecule has 1 aliphatic carbocycles. The Bertz CT molecular complexity index is 508. The highest BCUT2D eigenvalue weighted by Crippen LogP contribution is 2.22. The van der Waals surface area contributed by atoms with Crippen molar-refractivity contribution in [3.63, 3.8) is 0 Å². The topological polar surface area (TPSA) is 49.4 Å². The number of rotatable bonds is 5. The average molecular weight is 299 g/mol. The van der Waals surface area contributed by atoms with Gasteiger partial charge in [-0.3, -0.25) is 9.59 Å². The summed E-state index contributed by atoms with van der Waals surface area (Å²) in [4.78, 5) is 25.6. The van der Waals surface area contributed by atoms with Gasteiger partial charge in [0.1, 0.15) is 0 Å². The van der Waals surface area contributed by atoms with E-state index in [0.29, 0.717) is 10.4 Å². The molecular formula is C13H15ClN2O2S. The summed E-state index contributed by atoms with van der Waals surface area (Å²) in [6, 6.07) is 3.94. The number of likely N-dealkylation sites (N-methyl/N-ethyl adjacent to an activating group) is 1. The molecule has 1 N–H and O–H groups in total. The third-order valence-corrected chi connectivity index (χ3v) is 3.88. The lowest BCUT2D eigenvalue weighted by molar-refractivity contribution is -0.131. The molecule has 0 bridgehead atoms. The molecule has 1 saturated carbocycles. The van der Waals surface area contributed by atoms with Crippen LogP contribution in [0.15, 0.2) is 18.2 Å². The van der Waals surface area contributed by atoms with Gasteiger partial charge in [-0.05, 0) is 31.1 Å². The lowest BCUT2D eigenvalue weighted by Gasteiger charge is -2.14. The maximum absolute atomic E-state index is 11.8. The number of hydrogen-bond donors (Lipinski definition) is 1. The van der Waals surface area contributed by atoms with Gasteiger partial charge in [-0.1, -0.05) is 11.6 Å². The van der Waals surface area contributed by atoms with Gasteiger partial charge in [-0.2, -0.15) is 0 Å². The molecule has 0 saturated heterocycles. The third kappa shape index (κ3) is 4.69. The van der Waals surface area contributed by atoms with Crippen LogP contribution in [0.1, 0.15) is 17.7 Å². The van der Waals surface area contributed by atoms with Crippen molar-refractivity contribution >= 4 is 40.8 Å². The van der Waals surface area contributed by atoms with Crippen LogP contribution in [0.25, 0.3) is 6.08 Å². The van der Waals surface area contributed by atoms with Crippen LogP contribution in [0, 0.1) is 0 Å². The van der Waals surface area contributed by atoms with Gasteiger partial charge < -0.3 is 10.2 Å². The number of amides is 2. The lowest BCUT2D eigenvalue weighted by atomic mass is 10.3. The zero-order valence-electron chi connectivity index (χ0n) is 10.6. The first-order valence-electron chi connectivity index (χ1n) is 6.02. The van der Waals surface area contributed by atoms with Crippen molar-refractivity contribution in [2.24, 2.45) is 0 Å². The van der Waals surface area contributed by atoms with E-state index >= 15 is 0 Å². The summed E-state index contributed by atoms with van der Waals surface area (Å²) < 4.78 is 0.685. The minimum absolute atomic E-state index is 0.0882. The van der Waals surface area contributed by atoms with Crippen molar-refractivity contribution in [1.29, 1.82) is 0 Å². The van der Waals surface area contributed by atoms with E-state index in [1.165, 1.54) is 22.3 Å². The number of carbonyl (C=O) groups is 2. The monoisotopic (exact) mass is 298 g/mol. The molecular weight excluding hydrogens is 284 g/mol. The second-order valence-corrected chi connectivity index (χ2v) is 6.26. The van der Waals surface area contributed by atoms with E-state index in [2.05, 4.69) is 5.32 Å². The zero-order valence-corrected chi connectivity index (χ0v) is 12.1. The maximum Gasteiger partial charge on any atom is 0.246 e. The molecule has 1 aromatic heterocycles. The number of nitrogens with one attached hydrogen (secondary N) is 1. The standard InChI is InChI=1S/C13H15ClN2O2S/c1-16(8-12(17)15-9-2-3-9)13(18)7-5-10-4-6-11(14)19-10/h4-7,9H,2-3,8H2,1H3,(H,15,17). The average Bonchev–Trinajstić information content (AvgIpc) is 3.06. The van der Waals surface area contributed by atoms with Crippen molar-refractivity contribution in [2.45, 2.75) is 18.9 Å². The largest absolute Gasteiger partial charge is 0.352 e. The van der Waals surface area contributed by atoms with E-state index in [0.717, 1.165) is 17.7 Å². The highest BCUT2D eigenvalue weighted by Gasteiger charge is 2.23. The SMILES string of the molecule is CN(CC(=O)NC1CC1)C(=O)C=Cc1ccc(Cl)s1. The van der Waals surface area contributed by atoms with E-state index in [9.17, 15) is 9.59 Å². The van der Waals surface area contributed by atoms with Gasteiger partial charge in [0, 0.05) is 24.0 Å². The van der Waals surface area contributed by atoms with Gasteiger partial charge in [0.05, 0.1) is 10.9 Å². The highest BCUT2D eigenvalue weighted by molar-refractivity contribution is 7.17. The van der Waals surface area contributed by atoms with Crippen molar-refractivity contribution in [1.82, 2.24) is 10.2 Å². The minimum atomic E-state index is -0.199. The molecule has 2 amide bonds. The lowest BCUT2D eigenvalue weighted by Crippen LogP contribution is -2.38. The Balaban J connectivity index is 1.80. The Morgan fingerprint density at radius 2 is 2.26 bits per heavy atom. The quantitative estimate of drug-likeness (QED) is 0.847. The molecule has 0 aromatic carbocycles. The number of halogens is 1. The molecule has 1 fully saturated rings. The number of hydrogen-bond acceptors (Lipinski definition) is 3. The summed E-state index contributed by atoms with van der Waals surface area (Å²) >= 11 is 7.20. The summed E-state index contributed by atoms with van der Waals surface area (Å²) in [6.07, 6.45) is 5.24. The Morgan fingerprint density at radius 1 is 1.53 bits per heavy atom. The number of nitrogens with zero attached hydrogens (tertiary/aromatic N) is 1. The molecule has 0 unspecified atom stereocenters. The van der Waals surface area contributed by atoms with Crippen molar-refractivity contribution in [2.75, 3.05) is 13.6 Å². The highest BCUT2D eigenvalue weighted by atomic mass is 35.5. The molecule has 2 rings (SSSR count). The Hall–Kier alpha value is -1.33. The predicted octanol–water partition coefficient (Wildman–Crippen LogP) is 2.15. The fourth-order valence-corrected chi connectivity index (χ4v) is 2.46. The third-order valence-electron chi connectivity index (χ3n) is 2.68. The first-order chi connectivity index (χ1) is 9.04. The van der Waals surface area contributed by atoms with Gasteiger partial charge in [0.15, 0.2) is 0 Å². The van der Waals surface area contributed by atoms with Gasteiger partial charge in [-0.15, -0.1) is 11.3 Å². The van der Waals surface area contributed by atoms with E-state index in [1.54, 1.807) is 19.2 Å². The number of carbonyl (C=O) groups excluding carboxylic acids is 2. The molecule has 1 aromatic rings. The second-order valence-electron chi connectivity index (χ2n) is 4.51. The fraction of sp³-hybridized carbons (Fsp3) is 0.385. The second kappa shape index (κ2) is 6.21. The molecule has 0 radical (unpaired) electrons. The molecule has 0 atom stereocenters. The minimum Gasteiger partial charge on any atom is -0.352 e. The van der Waals surface area contributed by atoms with Crippen molar-refractivity contribution in [3.05, 3.63) is 27.4 Å². The van der Waals surface area contributed by atoms with Crippen LogP contribution in [0.5, 0.6) is 0 Å². The van der Waals surface area contributed by atoms with Crippen LogP contribution in [0.4, 0.5) is 0 Å². The summed E-state index contributed by atoms with van der Waals surface area (Å²) in [7, 11) is 1.61. The molecule has 4 nitrogen and oxygen atoms in total. The van der Waals surface area contributed by atoms with Gasteiger partial charge in [0.2, 0.25) is 11.8 Å². The van der Waals surface area contributed by atoms with E-state index in [-0.39, 0.29) is 18.4 Å². The molecule has 0 spiro atoms. The van der Waals surface area contributed by atoms with Gasteiger partial charge >= 0.3 is 0 Å². The van der Waals surface area contributed by atoms with Crippen molar-refractivity contribution < 1.29 is 9.59 Å². The molecule has 1 aliphatic rings. The van der Waals surface area contributed by atoms with Gasteiger partial charge in [-0.25, -0.2) is 0 Å². The first-order valence-corrected chi connectivity index (χ1v) is 7.22. The smallest absolute Gasteiger partial charge is 0.246 e. The number of thiophene rings is 1. The summed E-state index contributed by atoms with van der Waals surface area (Å²) in [6.45, 7) is 0.0882. The molecule has 19 heavy (non-hydrogen) atoms. The fourth-order valence-electron chi connectivity index (χ4n) is 1.49. The predicted molar refractivity (Wildman–Crippen MR) is 77.2 cm³/mol. The molecule has 6 heteroatoms. The first kappa shape index (κ1) is 14.1. The molecule has 0 aliphatic heterocycles. The Morgan fingerprint density at radius 3 is 2.84 bits per heavy atom. The van der Waals surface area contributed by atoms with Crippen LogP contribution in [-0.2, 0) is 9.59 Å². The Kier molecular flexibility index (Phi) is 4.61. The van der Waals surface area contributed by atoms with Gasteiger partial charge in [0.25, 0.3) is 0 Å². The Labute approximate surface area is 121 Å². The van der Waals surface area contributed by atoms with E-state index < -0.39 is 0 Å². The van der Waals surface area contributed by atoms with Crippen LogP contribution < -0.4 is 5.32 Å². The summed E-state index contributed by atoms with van der Waals surface area (Å²) in [5, 5.41) is 2.84. The van der Waals surface area contributed by atoms with Crippen LogP contribution >= 0.6 is 22.9 Å². The van der Waals surface area contributed by atoms with E-state index in [4.69, 9.17) is 11.6 Å². The van der Waals surface area contributed by atoms with Crippen molar-refractivity contribution in [3.8, 4) is 0 Å². The summed E-state index contributed by atoms with van der Waals surface area (Å²) in [5.41, 5.74) is 0. The normalized spacial score (nSPS) is 14.6. The van der Waals surface area contributed by atoms with E-state index in [1.807, 2.05) is 6.07 Å². The van der Waals surface area contributed by atoms with Crippen LogP contribution in [-0.4, -0.2) is 36.3 Å². The molecule has 1 heterocycles. The molecule has 102 valence electrons. The van der Waals surface area contributed by atoms with Crippen LogP contribution in [0.3, 0.4) is 0 Å². The maximum atomic E-state index is 11.8. The van der Waals surface area contributed by atoms with Crippen LogP contribution in [0.2, 0.25) is 4.34 Å².